The molecule has 0 aliphatic carbocycles. The van der Waals surface area contributed by atoms with E-state index in [9.17, 15) is 19.7 Å². The molecule has 7 nitrogen and oxygen atoms in total. The predicted molar refractivity (Wildman–Crippen MR) is 78.9 cm³/mol. The summed E-state index contributed by atoms with van der Waals surface area (Å²) in [6.45, 7) is 0. The van der Waals surface area contributed by atoms with Crippen LogP contribution in [-0.4, -0.2) is 21.8 Å². The second kappa shape index (κ2) is 6.04. The van der Waals surface area contributed by atoms with Crippen molar-refractivity contribution in [2.75, 3.05) is 5.73 Å². The van der Waals surface area contributed by atoms with Gasteiger partial charge < -0.3 is 10.8 Å². The molecule has 2 rings (SSSR count). The number of ketones is 1. The van der Waals surface area contributed by atoms with Gasteiger partial charge in [-0.2, -0.15) is 0 Å². The van der Waals surface area contributed by atoms with Crippen LogP contribution in [0.5, 0.6) is 0 Å². The minimum atomic E-state index is -1.51. The first-order valence-corrected chi connectivity index (χ1v) is 6.28. The highest BCUT2D eigenvalue weighted by Gasteiger charge is 2.25. The molecule has 0 fully saturated rings. The zero-order valence-corrected chi connectivity index (χ0v) is 11.4. The van der Waals surface area contributed by atoms with Gasteiger partial charge in [0.15, 0.2) is 5.78 Å². The Kier molecular flexibility index (Phi) is 4.17. The van der Waals surface area contributed by atoms with Gasteiger partial charge in [-0.25, -0.2) is 4.79 Å². The quantitative estimate of drug-likeness (QED) is 0.378. The average molecular weight is 300 g/mol. The van der Waals surface area contributed by atoms with Crippen LogP contribution in [0.4, 0.5) is 11.4 Å². The maximum absolute atomic E-state index is 12.2. The van der Waals surface area contributed by atoms with E-state index < -0.39 is 22.1 Å². The number of Topliss-reactive ketones (excluding diaryl/α,β-unsaturated/α-hetero) is 1. The second-order valence-corrected chi connectivity index (χ2v) is 4.61. The Hall–Kier alpha value is -3.22. The fraction of sp³-hybridized carbons (Fsp3) is 0.0667. The molecule has 3 N–H and O–H groups in total. The topological polar surface area (TPSA) is 124 Å². The van der Waals surface area contributed by atoms with Crippen LogP contribution in [-0.2, 0) is 6.42 Å². The van der Waals surface area contributed by atoms with E-state index in [4.69, 9.17) is 10.8 Å². The van der Waals surface area contributed by atoms with Gasteiger partial charge >= 0.3 is 11.7 Å². The molecule has 0 bridgehead atoms. The second-order valence-electron chi connectivity index (χ2n) is 4.61. The molecular weight excluding hydrogens is 288 g/mol. The van der Waals surface area contributed by atoms with Crippen LogP contribution in [0, 0.1) is 10.1 Å². The third-order valence-electron chi connectivity index (χ3n) is 3.08. The number of rotatable bonds is 5. The van der Waals surface area contributed by atoms with Crippen molar-refractivity contribution in [2.45, 2.75) is 6.42 Å². The number of carbonyl (C=O) groups is 2. The fourth-order valence-corrected chi connectivity index (χ4v) is 2.07. The van der Waals surface area contributed by atoms with Gasteiger partial charge in [-0.1, -0.05) is 30.3 Å². The number of hydrogen-bond acceptors (Lipinski definition) is 5. The number of carboxylic acid groups (broad SMARTS) is 1. The number of aromatic carboxylic acids is 1. The lowest BCUT2D eigenvalue weighted by atomic mass is 9.99. The molecule has 0 heterocycles. The van der Waals surface area contributed by atoms with Crippen molar-refractivity contribution in [3.8, 4) is 0 Å². The van der Waals surface area contributed by atoms with Gasteiger partial charge in [0.1, 0.15) is 11.3 Å². The van der Waals surface area contributed by atoms with E-state index in [-0.39, 0.29) is 23.5 Å². The van der Waals surface area contributed by atoms with Crippen molar-refractivity contribution in [2.24, 2.45) is 0 Å². The zero-order chi connectivity index (χ0) is 16.3. The molecule has 2 aromatic rings. The number of carbonyl (C=O) groups excluding carboxylic acids is 1. The summed E-state index contributed by atoms with van der Waals surface area (Å²) in [7, 11) is 0. The standard InChI is InChI=1S/C15H12N2O5/c16-12-8-10(7-11(15(19)20)14(12)17(21)22)13(18)6-9-4-2-1-3-5-9/h1-5,7-8H,6,16H2,(H,19,20). The largest absolute Gasteiger partial charge is 0.477 e. The van der Waals surface area contributed by atoms with Crippen LogP contribution in [0.25, 0.3) is 0 Å². The van der Waals surface area contributed by atoms with Crippen LogP contribution in [0.15, 0.2) is 42.5 Å². The fourth-order valence-electron chi connectivity index (χ4n) is 2.07. The molecule has 0 aliphatic heterocycles. The number of anilines is 1. The van der Waals surface area contributed by atoms with Crippen molar-refractivity contribution in [3.63, 3.8) is 0 Å². The van der Waals surface area contributed by atoms with Crippen molar-refractivity contribution in [1.29, 1.82) is 0 Å². The summed E-state index contributed by atoms with van der Waals surface area (Å²) in [4.78, 5) is 33.4. The smallest absolute Gasteiger partial charge is 0.342 e. The Morgan fingerprint density at radius 1 is 1.18 bits per heavy atom. The Morgan fingerprint density at radius 2 is 1.82 bits per heavy atom. The van der Waals surface area contributed by atoms with Crippen LogP contribution < -0.4 is 5.73 Å². The number of hydrogen-bond donors (Lipinski definition) is 2. The first-order chi connectivity index (χ1) is 10.4. The Morgan fingerprint density at radius 3 is 2.36 bits per heavy atom. The van der Waals surface area contributed by atoms with Gasteiger partial charge in [0.2, 0.25) is 0 Å². The monoisotopic (exact) mass is 300 g/mol. The van der Waals surface area contributed by atoms with E-state index in [2.05, 4.69) is 0 Å². The highest BCUT2D eigenvalue weighted by molar-refractivity contribution is 6.03. The highest BCUT2D eigenvalue weighted by Crippen LogP contribution is 2.28. The Bertz CT molecular complexity index is 756. The van der Waals surface area contributed by atoms with Crippen LogP contribution in [0.2, 0.25) is 0 Å². The van der Waals surface area contributed by atoms with Gasteiger partial charge in [0.05, 0.1) is 4.92 Å². The number of nitrogens with zero attached hydrogens (tertiary/aromatic N) is 1. The summed E-state index contributed by atoms with van der Waals surface area (Å²) in [5.74, 6) is -1.87. The third kappa shape index (κ3) is 3.09. The molecule has 2 aromatic carbocycles. The number of nitro groups is 1. The maximum Gasteiger partial charge on any atom is 0.342 e. The molecular formula is C15H12N2O5. The molecule has 0 saturated heterocycles. The van der Waals surface area contributed by atoms with Crippen LogP contribution in [0.1, 0.15) is 26.3 Å². The normalized spacial score (nSPS) is 10.2. The molecule has 0 amide bonds. The molecule has 0 aliphatic rings. The van der Waals surface area contributed by atoms with Gasteiger partial charge in [-0.05, 0) is 17.7 Å². The summed E-state index contributed by atoms with van der Waals surface area (Å²) in [5, 5.41) is 20.0. The molecule has 7 heteroatoms. The lowest BCUT2D eigenvalue weighted by Gasteiger charge is -2.06. The molecule has 22 heavy (non-hydrogen) atoms. The van der Waals surface area contributed by atoms with Crippen LogP contribution >= 0.6 is 0 Å². The van der Waals surface area contributed by atoms with Crippen molar-refractivity contribution in [1.82, 2.24) is 0 Å². The van der Waals surface area contributed by atoms with E-state index in [0.717, 1.165) is 17.7 Å². The summed E-state index contributed by atoms with van der Waals surface area (Å²) >= 11 is 0. The molecule has 112 valence electrons. The SMILES string of the molecule is Nc1cc(C(=O)Cc2ccccc2)cc(C(=O)O)c1[N+](=O)[O-]. The maximum atomic E-state index is 12.2. The van der Waals surface area contributed by atoms with E-state index in [1.807, 2.05) is 0 Å². The number of benzene rings is 2. The molecule has 0 atom stereocenters. The average Bonchev–Trinajstić information content (AvgIpc) is 2.46. The summed E-state index contributed by atoms with van der Waals surface area (Å²) in [6, 6.07) is 11.0. The number of carboxylic acids is 1. The van der Waals surface area contributed by atoms with Crippen LogP contribution in [0.3, 0.4) is 0 Å². The van der Waals surface area contributed by atoms with E-state index >= 15 is 0 Å². The van der Waals surface area contributed by atoms with Gasteiger partial charge in [-0.15, -0.1) is 0 Å². The predicted octanol–water partition coefficient (Wildman–Crippen LogP) is 2.30. The minimum absolute atomic E-state index is 0.0318. The zero-order valence-electron chi connectivity index (χ0n) is 11.4. The van der Waals surface area contributed by atoms with Gasteiger partial charge in [0, 0.05) is 12.0 Å². The molecule has 0 spiro atoms. The van der Waals surface area contributed by atoms with Crippen molar-refractivity contribution < 1.29 is 19.6 Å². The first kappa shape index (κ1) is 15.2. The van der Waals surface area contributed by atoms with Crippen molar-refractivity contribution in [3.05, 3.63) is 69.3 Å². The molecule has 0 saturated carbocycles. The Labute approximate surface area is 125 Å². The number of nitrogens with two attached hydrogens (primary N) is 1. The van der Waals surface area contributed by atoms with Crippen molar-refractivity contribution >= 4 is 23.1 Å². The number of nitro benzene ring substituents is 1. The molecule has 0 radical (unpaired) electrons. The molecule has 0 aromatic heterocycles. The first-order valence-electron chi connectivity index (χ1n) is 6.28. The number of nitrogen functional groups attached to an aromatic ring is 1. The van der Waals surface area contributed by atoms with E-state index in [1.165, 1.54) is 0 Å². The third-order valence-corrected chi connectivity index (χ3v) is 3.08. The van der Waals surface area contributed by atoms with E-state index in [1.54, 1.807) is 30.3 Å². The lowest BCUT2D eigenvalue weighted by Crippen LogP contribution is -2.10. The summed E-state index contributed by atoms with van der Waals surface area (Å²) in [5.41, 5.74) is 4.67. The van der Waals surface area contributed by atoms with E-state index in [0.29, 0.717) is 0 Å². The minimum Gasteiger partial charge on any atom is -0.477 e. The summed E-state index contributed by atoms with van der Waals surface area (Å²) < 4.78 is 0. The highest BCUT2D eigenvalue weighted by atomic mass is 16.6. The lowest BCUT2D eigenvalue weighted by molar-refractivity contribution is -0.384. The van der Waals surface area contributed by atoms with Gasteiger partial charge in [-0.3, -0.25) is 14.9 Å². The Balaban J connectivity index is 2.42. The molecule has 0 unspecified atom stereocenters. The van der Waals surface area contributed by atoms with Gasteiger partial charge in [0.25, 0.3) is 0 Å². The summed E-state index contributed by atoms with van der Waals surface area (Å²) in [6.07, 6.45) is 0.0527.